The monoisotopic (exact) mass is 574 g/mol. The van der Waals surface area contributed by atoms with Crippen LogP contribution >= 0.6 is 8.53 Å². The van der Waals surface area contributed by atoms with Gasteiger partial charge in [0.25, 0.3) is 0 Å². The SMILES string of the molecule is CCC.CCOC(=O)C(C)(C)NP(OCC1CC(C)C(n2cnc3c(N)ncnc32)O1)Oc1ccc(CC)cc1. The fraction of sp³-hybridized carbons (Fsp3) is 0.571. The molecule has 0 saturated carbocycles. The van der Waals surface area contributed by atoms with Crippen molar-refractivity contribution < 1.29 is 23.3 Å². The van der Waals surface area contributed by atoms with Gasteiger partial charge in [0.05, 0.1) is 25.6 Å². The van der Waals surface area contributed by atoms with Gasteiger partial charge >= 0.3 is 14.5 Å². The van der Waals surface area contributed by atoms with E-state index in [1.54, 1.807) is 27.1 Å². The molecule has 3 N–H and O–H groups in total. The highest BCUT2D eigenvalue weighted by Gasteiger charge is 2.38. The van der Waals surface area contributed by atoms with E-state index >= 15 is 0 Å². The molecule has 11 nitrogen and oxygen atoms in total. The highest BCUT2D eigenvalue weighted by Crippen LogP contribution is 2.41. The van der Waals surface area contributed by atoms with Crippen molar-refractivity contribution >= 4 is 31.5 Å². The van der Waals surface area contributed by atoms with E-state index in [1.165, 1.54) is 18.3 Å². The van der Waals surface area contributed by atoms with E-state index in [0.717, 1.165) is 12.8 Å². The molecular weight excluding hydrogens is 531 g/mol. The first kappa shape index (κ1) is 31.7. The van der Waals surface area contributed by atoms with Crippen LogP contribution in [0.1, 0.15) is 73.1 Å². The maximum absolute atomic E-state index is 12.5. The van der Waals surface area contributed by atoms with E-state index in [0.29, 0.717) is 22.7 Å². The number of anilines is 1. The molecule has 0 aliphatic carbocycles. The molecule has 0 amide bonds. The van der Waals surface area contributed by atoms with Gasteiger partial charge in [-0.1, -0.05) is 46.2 Å². The van der Waals surface area contributed by atoms with Gasteiger partial charge < -0.3 is 24.3 Å². The molecule has 0 bridgehead atoms. The summed E-state index contributed by atoms with van der Waals surface area (Å²) in [5.74, 6) is 0.783. The number of nitrogens with two attached hydrogens (primary N) is 1. The van der Waals surface area contributed by atoms with Crippen LogP contribution in [0.25, 0.3) is 11.2 Å². The standard InChI is InChI=1S/C25H35N6O5P.C3H8/c1-6-17-8-10-18(11-9-17)36-37(30-25(4,5)24(32)33-7-2)34-13-19-12-16(3)23(35-19)31-15-29-20-21(26)27-14-28-22(20)31;1-3-2/h8-11,14-16,19,23,30H,6-7,12-13H2,1-5H3,(H2,26,27,28);3H2,1-2H3. The number of carbonyl (C=O) groups is 1. The van der Waals surface area contributed by atoms with E-state index < -0.39 is 14.1 Å². The molecule has 0 radical (unpaired) electrons. The molecule has 2 aromatic heterocycles. The summed E-state index contributed by atoms with van der Waals surface area (Å²) in [4.78, 5) is 25.2. The van der Waals surface area contributed by atoms with Crippen LogP contribution < -0.4 is 15.3 Å². The number of hydrogen-bond acceptors (Lipinski definition) is 10. The molecule has 12 heteroatoms. The van der Waals surface area contributed by atoms with Gasteiger partial charge in [-0.2, -0.15) is 0 Å². The molecule has 1 saturated heterocycles. The number of nitrogens with zero attached hydrogens (tertiary/aromatic N) is 4. The molecule has 1 aromatic carbocycles. The normalized spacial score (nSPS) is 19.6. The zero-order valence-corrected chi connectivity index (χ0v) is 25.5. The Kier molecular flexibility index (Phi) is 11.6. The Labute approximate surface area is 238 Å². The third-order valence-electron chi connectivity index (χ3n) is 6.17. The number of benzene rings is 1. The number of esters is 1. The molecule has 4 unspecified atom stereocenters. The number of nitrogen functional groups attached to an aromatic ring is 1. The minimum atomic E-state index is -1.69. The number of nitrogens with one attached hydrogen (secondary N) is 1. The van der Waals surface area contributed by atoms with Crippen molar-refractivity contribution in [2.75, 3.05) is 18.9 Å². The van der Waals surface area contributed by atoms with Gasteiger partial charge in [-0.05, 0) is 51.3 Å². The van der Waals surface area contributed by atoms with E-state index in [-0.39, 0.29) is 37.4 Å². The Morgan fingerprint density at radius 2 is 1.88 bits per heavy atom. The van der Waals surface area contributed by atoms with Crippen LogP contribution in [-0.4, -0.2) is 50.3 Å². The molecule has 220 valence electrons. The lowest BCUT2D eigenvalue weighted by Gasteiger charge is -2.29. The fourth-order valence-electron chi connectivity index (χ4n) is 4.12. The quantitative estimate of drug-likeness (QED) is 0.221. The maximum atomic E-state index is 12.5. The lowest BCUT2D eigenvalue weighted by Crippen LogP contribution is -2.46. The fourth-order valence-corrected chi connectivity index (χ4v) is 5.45. The Hall–Kier alpha value is -2.85. The number of hydrogen-bond donors (Lipinski definition) is 2. The van der Waals surface area contributed by atoms with Crippen molar-refractivity contribution in [3.05, 3.63) is 42.5 Å². The average molecular weight is 575 g/mol. The predicted molar refractivity (Wildman–Crippen MR) is 157 cm³/mol. The summed E-state index contributed by atoms with van der Waals surface area (Å²) in [5, 5.41) is 3.20. The largest absolute Gasteiger partial charge is 0.465 e. The van der Waals surface area contributed by atoms with Crippen molar-refractivity contribution in [3.8, 4) is 5.75 Å². The van der Waals surface area contributed by atoms with Gasteiger partial charge in [-0.15, -0.1) is 0 Å². The molecule has 0 spiro atoms. The number of rotatable bonds is 11. The summed E-state index contributed by atoms with van der Waals surface area (Å²) in [6.07, 6.45) is 5.58. The highest BCUT2D eigenvalue weighted by atomic mass is 31.2. The van der Waals surface area contributed by atoms with Crippen LogP contribution in [0.2, 0.25) is 0 Å². The Balaban J connectivity index is 0.00000141. The second-order valence-electron chi connectivity index (χ2n) is 10.3. The molecule has 4 atom stereocenters. The first-order valence-corrected chi connectivity index (χ1v) is 15.0. The van der Waals surface area contributed by atoms with Crippen molar-refractivity contribution in [3.63, 3.8) is 0 Å². The Bertz CT molecular complexity index is 1220. The second kappa shape index (κ2) is 14.7. The third kappa shape index (κ3) is 8.10. The summed E-state index contributed by atoms with van der Waals surface area (Å²) >= 11 is 0. The molecule has 3 heterocycles. The lowest BCUT2D eigenvalue weighted by atomic mass is 10.1. The lowest BCUT2D eigenvalue weighted by molar-refractivity contribution is -0.149. The third-order valence-corrected chi connectivity index (χ3v) is 7.67. The predicted octanol–water partition coefficient (Wildman–Crippen LogP) is 5.56. The van der Waals surface area contributed by atoms with E-state index in [2.05, 4.69) is 47.7 Å². The summed E-state index contributed by atoms with van der Waals surface area (Å²) in [5.41, 5.74) is 7.32. The van der Waals surface area contributed by atoms with Crippen molar-refractivity contribution in [2.45, 2.75) is 85.6 Å². The van der Waals surface area contributed by atoms with Crippen LogP contribution in [0.4, 0.5) is 5.82 Å². The van der Waals surface area contributed by atoms with Gasteiger partial charge in [0.2, 0.25) is 0 Å². The number of ether oxygens (including phenoxy) is 2. The van der Waals surface area contributed by atoms with Crippen LogP contribution in [-0.2, 0) is 25.2 Å². The van der Waals surface area contributed by atoms with Gasteiger partial charge in [0.15, 0.2) is 11.5 Å². The number of aryl methyl sites for hydroxylation is 1. The van der Waals surface area contributed by atoms with Crippen LogP contribution in [0.5, 0.6) is 5.75 Å². The van der Waals surface area contributed by atoms with E-state index in [4.69, 9.17) is 24.3 Å². The smallest absolute Gasteiger partial charge is 0.326 e. The summed E-state index contributed by atoms with van der Waals surface area (Å²) < 4.78 is 25.8. The minimum Gasteiger partial charge on any atom is -0.465 e. The van der Waals surface area contributed by atoms with Gasteiger partial charge in [0.1, 0.15) is 29.4 Å². The zero-order chi connectivity index (χ0) is 29.3. The minimum absolute atomic E-state index is 0.180. The zero-order valence-electron chi connectivity index (χ0n) is 24.6. The average Bonchev–Trinajstić information content (AvgIpc) is 3.52. The summed E-state index contributed by atoms with van der Waals surface area (Å²) in [6, 6.07) is 7.83. The van der Waals surface area contributed by atoms with Crippen LogP contribution in [0.15, 0.2) is 36.9 Å². The number of carbonyl (C=O) groups excluding carboxylic acids is 1. The van der Waals surface area contributed by atoms with E-state index in [9.17, 15) is 4.79 Å². The van der Waals surface area contributed by atoms with Gasteiger partial charge in [-0.3, -0.25) is 9.36 Å². The molecule has 1 aliphatic heterocycles. The molecule has 4 rings (SSSR count). The number of fused-ring (bicyclic) bond motifs is 1. The molecular formula is C28H43N6O5P. The summed E-state index contributed by atoms with van der Waals surface area (Å²) in [6.45, 7) is 14.3. The van der Waals surface area contributed by atoms with Crippen molar-refractivity contribution in [1.29, 1.82) is 0 Å². The van der Waals surface area contributed by atoms with Gasteiger partial charge in [0, 0.05) is 5.92 Å². The van der Waals surface area contributed by atoms with Crippen molar-refractivity contribution in [1.82, 2.24) is 24.6 Å². The molecule has 40 heavy (non-hydrogen) atoms. The Morgan fingerprint density at radius 1 is 1.18 bits per heavy atom. The van der Waals surface area contributed by atoms with E-state index in [1.807, 2.05) is 28.8 Å². The molecule has 3 aromatic rings. The Morgan fingerprint density at radius 3 is 2.52 bits per heavy atom. The van der Waals surface area contributed by atoms with Crippen LogP contribution in [0.3, 0.4) is 0 Å². The number of imidazole rings is 1. The topological polar surface area (TPSA) is 136 Å². The first-order valence-electron chi connectivity index (χ1n) is 13.9. The van der Waals surface area contributed by atoms with Gasteiger partial charge in [-0.25, -0.2) is 20.0 Å². The highest BCUT2D eigenvalue weighted by molar-refractivity contribution is 7.45. The summed E-state index contributed by atoms with van der Waals surface area (Å²) in [7, 11) is -1.69. The second-order valence-corrected chi connectivity index (χ2v) is 11.4. The first-order chi connectivity index (χ1) is 19.1. The van der Waals surface area contributed by atoms with Crippen molar-refractivity contribution in [2.24, 2.45) is 5.92 Å². The number of aromatic nitrogens is 4. The molecule has 1 fully saturated rings. The van der Waals surface area contributed by atoms with Crippen LogP contribution in [0, 0.1) is 5.92 Å². The maximum Gasteiger partial charge on any atom is 0.326 e. The molecule has 1 aliphatic rings.